The van der Waals surface area contributed by atoms with Crippen LogP contribution in [0.25, 0.3) is 0 Å². The van der Waals surface area contributed by atoms with E-state index in [-0.39, 0.29) is 0 Å². The van der Waals surface area contributed by atoms with E-state index < -0.39 is 0 Å². The molecule has 0 saturated carbocycles. The molecule has 1 aliphatic rings. The Balaban J connectivity index is 2.40. The standard InChI is InChI=1S/C12H14O/c1-8(2)10-4-5-11-6-9(3)13-12(11)7-10/h4-5,7-8H,3,6H2,1-2H3. The highest BCUT2D eigenvalue weighted by Crippen LogP contribution is 2.32. The van der Waals surface area contributed by atoms with Crippen LogP contribution < -0.4 is 4.74 Å². The summed E-state index contributed by atoms with van der Waals surface area (Å²) >= 11 is 0. The highest BCUT2D eigenvalue weighted by Gasteiger charge is 2.16. The summed E-state index contributed by atoms with van der Waals surface area (Å²) in [6, 6.07) is 6.44. The van der Waals surface area contributed by atoms with Crippen LogP contribution in [-0.4, -0.2) is 0 Å². The zero-order valence-corrected chi connectivity index (χ0v) is 8.13. The molecule has 0 radical (unpaired) electrons. The first-order chi connectivity index (χ1) is 6.16. The number of rotatable bonds is 1. The number of fused-ring (bicyclic) bond motifs is 1. The minimum absolute atomic E-state index is 0.558. The highest BCUT2D eigenvalue weighted by atomic mass is 16.5. The van der Waals surface area contributed by atoms with Gasteiger partial charge in [0.15, 0.2) is 0 Å². The number of benzene rings is 1. The molecule has 0 aromatic heterocycles. The van der Waals surface area contributed by atoms with Gasteiger partial charge in [-0.05, 0) is 17.5 Å². The molecule has 1 heterocycles. The maximum atomic E-state index is 5.50. The minimum atomic E-state index is 0.558. The SMILES string of the molecule is C=C1Cc2ccc(C(C)C)cc2O1. The lowest BCUT2D eigenvalue weighted by Crippen LogP contribution is -1.88. The number of hydrogen-bond donors (Lipinski definition) is 0. The quantitative estimate of drug-likeness (QED) is 0.635. The van der Waals surface area contributed by atoms with Gasteiger partial charge in [-0.2, -0.15) is 0 Å². The Bertz CT molecular complexity index is 350. The molecule has 2 rings (SSSR count). The smallest absolute Gasteiger partial charge is 0.130 e. The number of ether oxygens (including phenoxy) is 1. The van der Waals surface area contributed by atoms with Gasteiger partial charge < -0.3 is 4.74 Å². The molecule has 13 heavy (non-hydrogen) atoms. The lowest BCUT2D eigenvalue weighted by Gasteiger charge is -2.06. The van der Waals surface area contributed by atoms with Gasteiger partial charge in [0, 0.05) is 12.0 Å². The summed E-state index contributed by atoms with van der Waals surface area (Å²) in [5, 5.41) is 0. The van der Waals surface area contributed by atoms with Crippen molar-refractivity contribution in [3.8, 4) is 5.75 Å². The van der Waals surface area contributed by atoms with Crippen molar-refractivity contribution < 1.29 is 4.74 Å². The fraction of sp³-hybridized carbons (Fsp3) is 0.333. The van der Waals surface area contributed by atoms with Crippen LogP contribution in [0.3, 0.4) is 0 Å². The Morgan fingerprint density at radius 3 is 2.85 bits per heavy atom. The molecule has 0 amide bonds. The molecule has 1 aromatic carbocycles. The topological polar surface area (TPSA) is 9.23 Å². The van der Waals surface area contributed by atoms with Crippen molar-refractivity contribution in [3.63, 3.8) is 0 Å². The molecule has 68 valence electrons. The molecule has 0 fully saturated rings. The van der Waals surface area contributed by atoms with Crippen molar-refractivity contribution in [3.05, 3.63) is 41.7 Å². The molecule has 0 unspecified atom stereocenters. The highest BCUT2D eigenvalue weighted by molar-refractivity contribution is 5.44. The van der Waals surface area contributed by atoms with Gasteiger partial charge in [-0.25, -0.2) is 0 Å². The number of allylic oxidation sites excluding steroid dienone is 1. The summed E-state index contributed by atoms with van der Waals surface area (Å²) in [6.07, 6.45) is 0.869. The second-order valence-corrected chi connectivity index (χ2v) is 3.84. The van der Waals surface area contributed by atoms with Crippen LogP contribution in [-0.2, 0) is 6.42 Å². The molecule has 0 bridgehead atoms. The third-order valence-electron chi connectivity index (χ3n) is 2.40. The van der Waals surface area contributed by atoms with E-state index in [1.165, 1.54) is 11.1 Å². The molecule has 1 nitrogen and oxygen atoms in total. The van der Waals surface area contributed by atoms with Crippen molar-refractivity contribution in [1.29, 1.82) is 0 Å². The predicted molar refractivity (Wildman–Crippen MR) is 54.0 cm³/mol. The fourth-order valence-corrected chi connectivity index (χ4v) is 1.58. The molecule has 0 spiro atoms. The summed E-state index contributed by atoms with van der Waals surface area (Å²) in [7, 11) is 0. The maximum absolute atomic E-state index is 5.50. The fourth-order valence-electron chi connectivity index (χ4n) is 1.58. The molecule has 0 saturated heterocycles. The zero-order chi connectivity index (χ0) is 9.42. The molecule has 1 aromatic rings. The third kappa shape index (κ3) is 1.46. The first-order valence-electron chi connectivity index (χ1n) is 4.65. The van der Waals surface area contributed by atoms with Crippen LogP contribution in [0, 0.1) is 0 Å². The van der Waals surface area contributed by atoms with Crippen LogP contribution in [0.2, 0.25) is 0 Å². The van der Waals surface area contributed by atoms with E-state index in [4.69, 9.17) is 4.74 Å². The number of hydrogen-bond acceptors (Lipinski definition) is 1. The van der Waals surface area contributed by atoms with Gasteiger partial charge in [-0.3, -0.25) is 0 Å². The van der Waals surface area contributed by atoms with Crippen LogP contribution in [0.1, 0.15) is 30.9 Å². The van der Waals surface area contributed by atoms with Gasteiger partial charge in [0.05, 0.1) is 0 Å². The maximum Gasteiger partial charge on any atom is 0.130 e. The largest absolute Gasteiger partial charge is 0.462 e. The van der Waals surface area contributed by atoms with Crippen molar-refractivity contribution in [2.75, 3.05) is 0 Å². The Labute approximate surface area is 79.0 Å². The Morgan fingerprint density at radius 1 is 1.38 bits per heavy atom. The first kappa shape index (κ1) is 8.36. The molecule has 1 aliphatic heterocycles. The van der Waals surface area contributed by atoms with E-state index in [2.05, 4.69) is 38.6 Å². The van der Waals surface area contributed by atoms with E-state index in [0.29, 0.717) is 5.92 Å². The van der Waals surface area contributed by atoms with Crippen LogP contribution in [0.15, 0.2) is 30.5 Å². The van der Waals surface area contributed by atoms with Crippen molar-refractivity contribution in [1.82, 2.24) is 0 Å². The van der Waals surface area contributed by atoms with E-state index in [1.54, 1.807) is 0 Å². The van der Waals surface area contributed by atoms with Crippen LogP contribution in [0.4, 0.5) is 0 Å². The van der Waals surface area contributed by atoms with Gasteiger partial charge in [0.1, 0.15) is 11.5 Å². The summed E-state index contributed by atoms with van der Waals surface area (Å²) in [5.74, 6) is 2.41. The van der Waals surface area contributed by atoms with E-state index >= 15 is 0 Å². The van der Waals surface area contributed by atoms with Gasteiger partial charge in [-0.15, -0.1) is 0 Å². The second kappa shape index (κ2) is 2.91. The Kier molecular flexibility index (Phi) is 1.87. The Hall–Kier alpha value is -1.24. The second-order valence-electron chi connectivity index (χ2n) is 3.84. The molecule has 0 aliphatic carbocycles. The minimum Gasteiger partial charge on any atom is -0.462 e. The zero-order valence-electron chi connectivity index (χ0n) is 8.13. The van der Waals surface area contributed by atoms with Crippen LogP contribution in [0.5, 0.6) is 5.75 Å². The average Bonchev–Trinajstić information content (AvgIpc) is 2.42. The van der Waals surface area contributed by atoms with Gasteiger partial charge >= 0.3 is 0 Å². The van der Waals surface area contributed by atoms with Crippen molar-refractivity contribution in [2.24, 2.45) is 0 Å². The molecule has 1 heteroatoms. The van der Waals surface area contributed by atoms with Crippen molar-refractivity contribution in [2.45, 2.75) is 26.2 Å². The van der Waals surface area contributed by atoms with E-state index in [9.17, 15) is 0 Å². The monoisotopic (exact) mass is 174 g/mol. The van der Waals surface area contributed by atoms with E-state index in [1.807, 2.05) is 0 Å². The van der Waals surface area contributed by atoms with Gasteiger partial charge in [0.2, 0.25) is 0 Å². The Morgan fingerprint density at radius 2 is 2.15 bits per heavy atom. The normalized spacial score (nSPS) is 14.5. The molecular formula is C12H14O. The van der Waals surface area contributed by atoms with Crippen LogP contribution >= 0.6 is 0 Å². The average molecular weight is 174 g/mol. The third-order valence-corrected chi connectivity index (χ3v) is 2.40. The lowest BCUT2D eigenvalue weighted by molar-refractivity contribution is 0.448. The van der Waals surface area contributed by atoms with E-state index in [0.717, 1.165) is 17.9 Å². The summed E-state index contributed by atoms with van der Waals surface area (Å²) in [6.45, 7) is 8.19. The predicted octanol–water partition coefficient (Wildman–Crippen LogP) is 3.26. The molecular weight excluding hydrogens is 160 g/mol. The first-order valence-corrected chi connectivity index (χ1v) is 4.65. The van der Waals surface area contributed by atoms with Crippen molar-refractivity contribution >= 4 is 0 Å². The molecule has 0 N–H and O–H groups in total. The molecule has 0 atom stereocenters. The lowest BCUT2D eigenvalue weighted by atomic mass is 10.0. The van der Waals surface area contributed by atoms with Gasteiger partial charge in [-0.1, -0.05) is 32.6 Å². The summed E-state index contributed by atoms with van der Waals surface area (Å²) < 4.78 is 5.50. The van der Waals surface area contributed by atoms with Gasteiger partial charge in [0.25, 0.3) is 0 Å². The summed E-state index contributed by atoms with van der Waals surface area (Å²) in [5.41, 5.74) is 2.59. The summed E-state index contributed by atoms with van der Waals surface area (Å²) in [4.78, 5) is 0.